The summed E-state index contributed by atoms with van der Waals surface area (Å²) in [5, 5.41) is 3.35. The molecule has 1 saturated heterocycles. The van der Waals surface area contributed by atoms with Crippen LogP contribution in [-0.2, 0) is 21.6 Å². The molecule has 5 nitrogen and oxygen atoms in total. The van der Waals surface area contributed by atoms with Gasteiger partial charge in [0.25, 0.3) is 0 Å². The lowest BCUT2D eigenvalue weighted by Gasteiger charge is -2.36. The van der Waals surface area contributed by atoms with E-state index in [9.17, 15) is 9.59 Å². The van der Waals surface area contributed by atoms with Crippen molar-refractivity contribution in [2.45, 2.75) is 57.2 Å². The zero-order valence-electron chi connectivity index (χ0n) is 17.8. The van der Waals surface area contributed by atoms with Crippen LogP contribution in [0.25, 0.3) is 0 Å². The third-order valence-electron chi connectivity index (χ3n) is 6.36. The first kappa shape index (κ1) is 20.6. The van der Waals surface area contributed by atoms with Gasteiger partial charge >= 0.3 is 5.97 Å². The number of ether oxygens (including phenoxy) is 1. The smallest absolute Gasteiger partial charge is 0.337 e. The Morgan fingerprint density at radius 3 is 2.57 bits per heavy atom. The van der Waals surface area contributed by atoms with Crippen molar-refractivity contribution in [2.24, 2.45) is 0 Å². The van der Waals surface area contributed by atoms with Gasteiger partial charge in [-0.2, -0.15) is 0 Å². The second kappa shape index (κ2) is 8.60. The molecular formula is C25H30N2O3. The van der Waals surface area contributed by atoms with Crippen LogP contribution in [0.2, 0.25) is 0 Å². The summed E-state index contributed by atoms with van der Waals surface area (Å²) in [6.45, 7) is 3.86. The lowest BCUT2D eigenvalue weighted by Crippen LogP contribution is -2.51. The Balaban J connectivity index is 1.45. The molecule has 4 rings (SSSR count). The highest BCUT2D eigenvalue weighted by molar-refractivity contribution is 5.89. The molecule has 0 aromatic heterocycles. The predicted molar refractivity (Wildman–Crippen MR) is 116 cm³/mol. The highest BCUT2D eigenvalue weighted by Crippen LogP contribution is 2.45. The molecule has 2 aromatic rings. The Labute approximate surface area is 178 Å². The molecule has 0 bridgehead atoms. The van der Waals surface area contributed by atoms with Crippen molar-refractivity contribution < 1.29 is 14.3 Å². The first-order valence-electron chi connectivity index (χ1n) is 10.8. The van der Waals surface area contributed by atoms with Gasteiger partial charge in [0.05, 0.1) is 24.3 Å². The largest absolute Gasteiger partial charge is 0.465 e. The number of hydrogen-bond acceptors (Lipinski definition) is 4. The summed E-state index contributed by atoms with van der Waals surface area (Å²) >= 11 is 0. The minimum atomic E-state index is -0.343. The molecule has 1 aliphatic heterocycles. The van der Waals surface area contributed by atoms with Gasteiger partial charge in [0.2, 0.25) is 5.91 Å². The number of amides is 1. The van der Waals surface area contributed by atoms with E-state index in [1.807, 2.05) is 12.1 Å². The molecule has 1 amide bonds. The molecule has 1 saturated carbocycles. The van der Waals surface area contributed by atoms with Gasteiger partial charge in [-0.3, -0.25) is 9.69 Å². The van der Waals surface area contributed by atoms with Gasteiger partial charge in [-0.15, -0.1) is 0 Å². The number of carbonyl (C=O) groups is 2. The molecular weight excluding hydrogens is 376 g/mol. The number of esters is 1. The topological polar surface area (TPSA) is 58.6 Å². The molecule has 1 unspecified atom stereocenters. The molecule has 158 valence electrons. The van der Waals surface area contributed by atoms with E-state index < -0.39 is 0 Å². The van der Waals surface area contributed by atoms with E-state index in [4.69, 9.17) is 4.74 Å². The van der Waals surface area contributed by atoms with E-state index >= 15 is 0 Å². The first-order valence-corrected chi connectivity index (χ1v) is 10.8. The lowest BCUT2D eigenvalue weighted by molar-refractivity contribution is -0.129. The molecule has 1 N–H and O–H groups in total. The number of aryl methyl sites for hydroxylation is 1. The fraction of sp³-hybridized carbons (Fsp3) is 0.440. The van der Waals surface area contributed by atoms with Crippen LogP contribution in [0.15, 0.2) is 48.5 Å². The van der Waals surface area contributed by atoms with E-state index in [1.54, 1.807) is 12.1 Å². The second-order valence-electron chi connectivity index (χ2n) is 8.61. The summed E-state index contributed by atoms with van der Waals surface area (Å²) in [5.74, 6) is -0.221. The van der Waals surface area contributed by atoms with Crippen molar-refractivity contribution in [1.82, 2.24) is 10.2 Å². The number of nitrogens with one attached hydrogen (secondary N) is 1. The van der Waals surface area contributed by atoms with E-state index in [2.05, 4.69) is 41.4 Å². The zero-order valence-corrected chi connectivity index (χ0v) is 17.8. The van der Waals surface area contributed by atoms with Crippen LogP contribution >= 0.6 is 0 Å². The van der Waals surface area contributed by atoms with Crippen LogP contribution in [-0.4, -0.2) is 36.5 Å². The Kier molecular flexibility index (Phi) is 5.91. The number of piperidine rings is 1. The van der Waals surface area contributed by atoms with Gasteiger partial charge in [-0.25, -0.2) is 4.79 Å². The monoisotopic (exact) mass is 406 g/mol. The average molecular weight is 407 g/mol. The third-order valence-corrected chi connectivity index (χ3v) is 6.36. The van der Waals surface area contributed by atoms with Crippen molar-refractivity contribution in [1.29, 1.82) is 0 Å². The van der Waals surface area contributed by atoms with Crippen LogP contribution in [0.5, 0.6) is 0 Å². The Bertz CT molecular complexity index is 918. The summed E-state index contributed by atoms with van der Waals surface area (Å²) in [4.78, 5) is 27.3. The van der Waals surface area contributed by atoms with E-state index in [0.717, 1.165) is 50.8 Å². The quantitative estimate of drug-likeness (QED) is 0.738. The maximum atomic E-state index is 13.3. The Morgan fingerprint density at radius 1 is 1.13 bits per heavy atom. The molecule has 0 spiro atoms. The first-order chi connectivity index (χ1) is 14.5. The molecule has 2 aliphatic rings. The summed E-state index contributed by atoms with van der Waals surface area (Å²) in [6, 6.07) is 15.9. The van der Waals surface area contributed by atoms with E-state index in [1.165, 1.54) is 18.2 Å². The molecule has 2 fully saturated rings. The molecule has 1 aliphatic carbocycles. The van der Waals surface area contributed by atoms with Crippen molar-refractivity contribution in [2.75, 3.05) is 13.7 Å². The minimum absolute atomic E-state index is 0.0916. The molecule has 30 heavy (non-hydrogen) atoms. The normalized spacial score (nSPS) is 20.4. The summed E-state index contributed by atoms with van der Waals surface area (Å²) < 4.78 is 4.78. The van der Waals surface area contributed by atoms with Crippen molar-refractivity contribution in [3.05, 3.63) is 70.8 Å². The van der Waals surface area contributed by atoms with E-state index in [0.29, 0.717) is 5.56 Å². The number of nitrogens with zero attached hydrogens (tertiary/aromatic N) is 1. The Morgan fingerprint density at radius 2 is 1.90 bits per heavy atom. The van der Waals surface area contributed by atoms with Gasteiger partial charge in [0, 0.05) is 6.54 Å². The van der Waals surface area contributed by atoms with Gasteiger partial charge < -0.3 is 10.1 Å². The van der Waals surface area contributed by atoms with E-state index in [-0.39, 0.29) is 23.5 Å². The van der Waals surface area contributed by atoms with Crippen LogP contribution in [0.3, 0.4) is 0 Å². The second-order valence-corrected chi connectivity index (χ2v) is 8.61. The van der Waals surface area contributed by atoms with Gasteiger partial charge in [0.1, 0.15) is 0 Å². The van der Waals surface area contributed by atoms with Gasteiger partial charge in [0.15, 0.2) is 0 Å². The van der Waals surface area contributed by atoms with Crippen LogP contribution in [0, 0.1) is 6.92 Å². The van der Waals surface area contributed by atoms with Crippen molar-refractivity contribution in [3.63, 3.8) is 0 Å². The maximum Gasteiger partial charge on any atom is 0.337 e. The summed E-state index contributed by atoms with van der Waals surface area (Å²) in [5.41, 5.74) is 3.80. The summed E-state index contributed by atoms with van der Waals surface area (Å²) in [6.07, 6.45) is 4.98. The lowest BCUT2D eigenvalue weighted by atomic mass is 9.98. The molecule has 5 heteroatoms. The van der Waals surface area contributed by atoms with Gasteiger partial charge in [-0.1, -0.05) is 48.4 Å². The molecule has 1 heterocycles. The number of benzene rings is 2. The molecule has 1 atom stereocenters. The SMILES string of the molecule is COC(=O)c1ccc(C2(NC(=O)C3CCCCN3Cc3cccc(C)c3)CC2)cc1. The average Bonchev–Trinajstić information content (AvgIpc) is 3.54. The number of likely N-dealkylation sites (tertiary alicyclic amines) is 1. The number of methoxy groups -OCH3 is 1. The van der Waals surface area contributed by atoms with Crippen molar-refractivity contribution >= 4 is 11.9 Å². The predicted octanol–water partition coefficient (Wildman–Crippen LogP) is 3.94. The van der Waals surface area contributed by atoms with Crippen LogP contribution < -0.4 is 5.32 Å². The molecule has 2 aromatic carbocycles. The van der Waals surface area contributed by atoms with Crippen LogP contribution in [0.4, 0.5) is 0 Å². The summed E-state index contributed by atoms with van der Waals surface area (Å²) in [7, 11) is 1.38. The van der Waals surface area contributed by atoms with Crippen molar-refractivity contribution in [3.8, 4) is 0 Å². The fourth-order valence-corrected chi connectivity index (χ4v) is 4.50. The third kappa shape index (κ3) is 4.41. The zero-order chi connectivity index (χ0) is 21.1. The standard InChI is InChI=1S/C25H30N2O3/c1-18-6-5-7-19(16-18)17-27-15-4-3-8-22(27)23(28)26-25(13-14-25)21-11-9-20(10-12-21)24(29)30-2/h5-7,9-12,16,22H,3-4,8,13-15,17H2,1-2H3,(H,26,28). The highest BCUT2D eigenvalue weighted by atomic mass is 16.5. The number of hydrogen-bond donors (Lipinski definition) is 1. The van der Waals surface area contributed by atoms with Gasteiger partial charge in [-0.05, 0) is 62.4 Å². The number of carbonyl (C=O) groups excluding carboxylic acids is 2. The minimum Gasteiger partial charge on any atom is -0.465 e. The number of rotatable bonds is 6. The fourth-order valence-electron chi connectivity index (χ4n) is 4.50. The Hall–Kier alpha value is -2.66. The maximum absolute atomic E-state index is 13.3. The highest BCUT2D eigenvalue weighted by Gasteiger charge is 2.47. The van der Waals surface area contributed by atoms with Crippen LogP contribution in [0.1, 0.15) is 59.2 Å². The molecule has 0 radical (unpaired) electrons.